The van der Waals surface area contributed by atoms with Gasteiger partial charge >= 0.3 is 0 Å². The van der Waals surface area contributed by atoms with E-state index in [0.717, 1.165) is 24.5 Å². The molecule has 0 saturated heterocycles. The smallest absolute Gasteiger partial charge is 0.122 e. The molecule has 3 nitrogen and oxygen atoms in total. The van der Waals surface area contributed by atoms with E-state index in [-0.39, 0.29) is 0 Å². The first kappa shape index (κ1) is 10.9. The van der Waals surface area contributed by atoms with Crippen LogP contribution in [0.1, 0.15) is 12.5 Å². The minimum atomic E-state index is 0.773. The minimum Gasteiger partial charge on any atom is -0.496 e. The van der Waals surface area contributed by atoms with Crippen LogP contribution in [0.15, 0.2) is 18.2 Å². The van der Waals surface area contributed by atoms with E-state index in [4.69, 9.17) is 4.74 Å². The second kappa shape index (κ2) is 5.50. The van der Waals surface area contributed by atoms with Crippen LogP contribution < -0.4 is 15.4 Å². The van der Waals surface area contributed by atoms with Crippen LogP contribution in [0.3, 0.4) is 0 Å². The lowest BCUT2D eigenvalue weighted by Gasteiger charge is -2.10. The maximum absolute atomic E-state index is 5.25. The predicted molar refractivity (Wildman–Crippen MR) is 59.9 cm³/mol. The Labute approximate surface area is 85.5 Å². The molecule has 0 spiro atoms. The van der Waals surface area contributed by atoms with Crippen molar-refractivity contribution < 1.29 is 4.74 Å². The Balaban J connectivity index is 2.79. The molecule has 0 heterocycles. The second-order valence-electron chi connectivity index (χ2n) is 3.09. The molecule has 0 aliphatic carbocycles. The van der Waals surface area contributed by atoms with Gasteiger partial charge in [0.25, 0.3) is 0 Å². The van der Waals surface area contributed by atoms with Crippen LogP contribution in [0.4, 0.5) is 5.69 Å². The number of hydrogen-bond donors (Lipinski definition) is 2. The SMILES string of the molecule is CCc1cc(NCNC)ccc1OC. The molecule has 0 aliphatic heterocycles. The molecular formula is C11H18N2O. The van der Waals surface area contributed by atoms with Gasteiger partial charge in [-0.1, -0.05) is 6.92 Å². The first-order valence-corrected chi connectivity index (χ1v) is 4.87. The fourth-order valence-corrected chi connectivity index (χ4v) is 1.36. The lowest BCUT2D eigenvalue weighted by molar-refractivity contribution is 0.410. The Morgan fingerprint density at radius 3 is 2.71 bits per heavy atom. The van der Waals surface area contributed by atoms with E-state index >= 15 is 0 Å². The maximum Gasteiger partial charge on any atom is 0.122 e. The third kappa shape index (κ3) is 2.64. The predicted octanol–water partition coefficient (Wildman–Crippen LogP) is 1.85. The van der Waals surface area contributed by atoms with Gasteiger partial charge in [-0.05, 0) is 37.2 Å². The summed E-state index contributed by atoms with van der Waals surface area (Å²) >= 11 is 0. The van der Waals surface area contributed by atoms with Crippen LogP contribution in [0.5, 0.6) is 5.75 Å². The third-order valence-electron chi connectivity index (χ3n) is 2.13. The van der Waals surface area contributed by atoms with Crippen molar-refractivity contribution in [3.05, 3.63) is 23.8 Å². The van der Waals surface area contributed by atoms with Crippen LogP contribution in [0.2, 0.25) is 0 Å². The number of hydrogen-bond acceptors (Lipinski definition) is 3. The molecule has 78 valence electrons. The highest BCUT2D eigenvalue weighted by Crippen LogP contribution is 2.22. The van der Waals surface area contributed by atoms with Gasteiger partial charge in [-0.3, -0.25) is 0 Å². The quantitative estimate of drug-likeness (QED) is 0.702. The van der Waals surface area contributed by atoms with Gasteiger partial charge in [-0.15, -0.1) is 0 Å². The van der Waals surface area contributed by atoms with E-state index in [9.17, 15) is 0 Å². The average Bonchev–Trinajstić information content (AvgIpc) is 2.25. The summed E-state index contributed by atoms with van der Waals surface area (Å²) in [4.78, 5) is 0. The van der Waals surface area contributed by atoms with E-state index in [1.165, 1.54) is 5.56 Å². The lowest BCUT2D eigenvalue weighted by atomic mass is 10.1. The third-order valence-corrected chi connectivity index (χ3v) is 2.13. The van der Waals surface area contributed by atoms with Crippen LogP contribution in [0.25, 0.3) is 0 Å². The van der Waals surface area contributed by atoms with Gasteiger partial charge in [0.2, 0.25) is 0 Å². The monoisotopic (exact) mass is 194 g/mol. The molecule has 0 fully saturated rings. The first-order valence-electron chi connectivity index (χ1n) is 4.87. The number of methoxy groups -OCH3 is 1. The van der Waals surface area contributed by atoms with Crippen LogP contribution in [0, 0.1) is 0 Å². The van der Waals surface area contributed by atoms with Gasteiger partial charge < -0.3 is 15.4 Å². The van der Waals surface area contributed by atoms with Crippen molar-refractivity contribution in [1.29, 1.82) is 0 Å². The fourth-order valence-electron chi connectivity index (χ4n) is 1.36. The normalized spacial score (nSPS) is 9.93. The van der Waals surface area contributed by atoms with E-state index in [1.54, 1.807) is 7.11 Å². The van der Waals surface area contributed by atoms with Crippen LogP contribution >= 0.6 is 0 Å². The average molecular weight is 194 g/mol. The molecule has 1 aromatic carbocycles. The Morgan fingerprint density at radius 2 is 2.14 bits per heavy atom. The Morgan fingerprint density at radius 1 is 1.36 bits per heavy atom. The standard InChI is InChI=1S/C11H18N2O/c1-4-9-7-10(13-8-12-2)5-6-11(9)14-3/h5-7,12-13H,4,8H2,1-3H3. The van der Waals surface area contributed by atoms with Crippen molar-refractivity contribution in [2.75, 3.05) is 26.1 Å². The van der Waals surface area contributed by atoms with Crippen molar-refractivity contribution in [1.82, 2.24) is 5.32 Å². The highest BCUT2D eigenvalue weighted by atomic mass is 16.5. The number of ether oxygens (including phenoxy) is 1. The van der Waals surface area contributed by atoms with Crippen molar-refractivity contribution in [3.8, 4) is 5.75 Å². The Bertz CT molecular complexity index is 287. The molecule has 2 N–H and O–H groups in total. The molecule has 0 atom stereocenters. The summed E-state index contributed by atoms with van der Waals surface area (Å²) in [5, 5.41) is 6.29. The minimum absolute atomic E-state index is 0.773. The van der Waals surface area contributed by atoms with Gasteiger partial charge in [-0.2, -0.15) is 0 Å². The number of nitrogens with one attached hydrogen (secondary N) is 2. The molecule has 1 aromatic rings. The first-order chi connectivity index (χ1) is 6.81. The molecule has 3 heteroatoms. The highest BCUT2D eigenvalue weighted by Gasteiger charge is 2.01. The van der Waals surface area contributed by atoms with E-state index < -0.39 is 0 Å². The lowest BCUT2D eigenvalue weighted by Crippen LogP contribution is -2.16. The summed E-state index contributed by atoms with van der Waals surface area (Å²) in [5.74, 6) is 0.961. The molecule has 0 bridgehead atoms. The molecule has 0 aromatic heterocycles. The van der Waals surface area contributed by atoms with Crippen molar-refractivity contribution in [3.63, 3.8) is 0 Å². The molecule has 0 saturated carbocycles. The van der Waals surface area contributed by atoms with Gasteiger partial charge in [0, 0.05) is 5.69 Å². The van der Waals surface area contributed by atoms with E-state index in [0.29, 0.717) is 0 Å². The number of benzene rings is 1. The molecule has 0 radical (unpaired) electrons. The topological polar surface area (TPSA) is 33.3 Å². The number of rotatable bonds is 5. The summed E-state index contributed by atoms with van der Waals surface area (Å²) < 4.78 is 5.25. The zero-order chi connectivity index (χ0) is 10.4. The molecular weight excluding hydrogens is 176 g/mol. The zero-order valence-electron chi connectivity index (χ0n) is 9.05. The summed E-state index contributed by atoms with van der Waals surface area (Å²) in [5.41, 5.74) is 2.35. The van der Waals surface area contributed by atoms with Gasteiger partial charge in [0.15, 0.2) is 0 Å². The number of aryl methyl sites for hydroxylation is 1. The molecule has 1 rings (SSSR count). The van der Waals surface area contributed by atoms with Crippen LogP contribution in [-0.2, 0) is 6.42 Å². The van der Waals surface area contributed by atoms with Crippen LogP contribution in [-0.4, -0.2) is 20.8 Å². The summed E-state index contributed by atoms with van der Waals surface area (Å²) in [7, 11) is 3.62. The van der Waals surface area contributed by atoms with Crippen molar-refractivity contribution >= 4 is 5.69 Å². The Kier molecular flexibility index (Phi) is 4.26. The maximum atomic E-state index is 5.25. The van der Waals surface area contributed by atoms with Crippen molar-refractivity contribution in [2.24, 2.45) is 0 Å². The Hall–Kier alpha value is -1.22. The molecule has 14 heavy (non-hydrogen) atoms. The number of anilines is 1. The van der Waals surface area contributed by atoms with Gasteiger partial charge in [-0.25, -0.2) is 0 Å². The van der Waals surface area contributed by atoms with Gasteiger partial charge in [0.1, 0.15) is 5.75 Å². The zero-order valence-corrected chi connectivity index (χ0v) is 9.05. The summed E-state index contributed by atoms with van der Waals surface area (Å²) in [6.45, 7) is 2.90. The van der Waals surface area contributed by atoms with E-state index in [1.807, 2.05) is 19.2 Å². The summed E-state index contributed by atoms with van der Waals surface area (Å²) in [6.07, 6.45) is 0.984. The molecule has 0 amide bonds. The van der Waals surface area contributed by atoms with Gasteiger partial charge in [0.05, 0.1) is 13.8 Å². The van der Waals surface area contributed by atoms with E-state index in [2.05, 4.69) is 23.6 Å². The second-order valence-corrected chi connectivity index (χ2v) is 3.09. The highest BCUT2D eigenvalue weighted by molar-refractivity contribution is 5.51. The van der Waals surface area contributed by atoms with Crippen molar-refractivity contribution in [2.45, 2.75) is 13.3 Å². The summed E-state index contributed by atoms with van der Waals surface area (Å²) in [6, 6.07) is 6.14. The molecule has 0 unspecified atom stereocenters. The largest absolute Gasteiger partial charge is 0.496 e. The fraction of sp³-hybridized carbons (Fsp3) is 0.455. The molecule has 0 aliphatic rings.